The van der Waals surface area contributed by atoms with E-state index in [-0.39, 0.29) is 11.3 Å². The monoisotopic (exact) mass is 400 g/mol. The van der Waals surface area contributed by atoms with Crippen LogP contribution in [0.1, 0.15) is 32.8 Å². The van der Waals surface area contributed by atoms with Crippen molar-refractivity contribution >= 4 is 27.3 Å². The van der Waals surface area contributed by atoms with Crippen molar-refractivity contribution < 1.29 is 17.9 Å². The maximum Gasteiger partial charge on any atom is 0.330 e. The van der Waals surface area contributed by atoms with Crippen molar-refractivity contribution in [1.82, 2.24) is 4.31 Å². The highest BCUT2D eigenvalue weighted by molar-refractivity contribution is 7.89. The smallest absolute Gasteiger partial charge is 0.330 e. The molecule has 0 saturated carbocycles. The predicted octanol–water partition coefficient (Wildman–Crippen LogP) is 3.41. The summed E-state index contributed by atoms with van der Waals surface area (Å²) in [5.74, 6) is -0.590. The van der Waals surface area contributed by atoms with Crippen LogP contribution in [0.4, 0.5) is 5.69 Å². The van der Waals surface area contributed by atoms with Crippen LogP contribution >= 0.6 is 0 Å². The van der Waals surface area contributed by atoms with E-state index >= 15 is 0 Å². The van der Waals surface area contributed by atoms with Gasteiger partial charge in [0.2, 0.25) is 0 Å². The largest absolute Gasteiger partial charge is 0.458 e. The molecule has 1 atom stereocenters. The van der Waals surface area contributed by atoms with Crippen LogP contribution in [0.2, 0.25) is 0 Å². The Kier molecular flexibility index (Phi) is 5.21. The fraction of sp³-hybridized carbons (Fsp3) is 0.286. The molecule has 1 aliphatic rings. The zero-order chi connectivity index (χ0) is 20.5. The Hall–Kier alpha value is -2.80. The minimum atomic E-state index is -3.93. The number of sulfonamides is 1. The molecule has 0 spiro atoms. The zero-order valence-electron chi connectivity index (χ0n) is 16.1. The number of nitrogens with zero attached hydrogens (tertiary/aromatic N) is 1. The average Bonchev–Trinajstić information content (AvgIpc) is 3.08. The van der Waals surface area contributed by atoms with Gasteiger partial charge < -0.3 is 10.5 Å². The van der Waals surface area contributed by atoms with E-state index < -0.39 is 27.6 Å². The number of anilines is 1. The van der Waals surface area contributed by atoms with Gasteiger partial charge in [-0.25, -0.2) is 13.2 Å². The van der Waals surface area contributed by atoms with Gasteiger partial charge in [-0.2, -0.15) is 0 Å². The van der Waals surface area contributed by atoms with E-state index in [0.717, 1.165) is 4.31 Å². The number of nitrogens with two attached hydrogens (primary N) is 1. The molecular weight excluding hydrogens is 376 g/mol. The number of benzene rings is 2. The highest BCUT2D eigenvalue weighted by Gasteiger charge is 2.41. The maximum atomic E-state index is 13.2. The molecule has 28 heavy (non-hydrogen) atoms. The molecule has 0 unspecified atom stereocenters. The van der Waals surface area contributed by atoms with Crippen LogP contribution in [-0.2, 0) is 19.6 Å². The van der Waals surface area contributed by atoms with Crippen LogP contribution < -0.4 is 5.73 Å². The average molecular weight is 401 g/mol. The van der Waals surface area contributed by atoms with E-state index in [1.165, 1.54) is 18.3 Å². The number of carbonyl (C=O) groups is 1. The minimum Gasteiger partial charge on any atom is -0.458 e. The number of carbonyl (C=O) groups excluding carboxylic acids is 1. The van der Waals surface area contributed by atoms with Gasteiger partial charge in [-0.15, -0.1) is 0 Å². The van der Waals surface area contributed by atoms with Gasteiger partial charge in [-0.05, 0) is 44.5 Å². The summed E-state index contributed by atoms with van der Waals surface area (Å²) in [6, 6.07) is 14.2. The Balaban J connectivity index is 2.05. The molecule has 0 fully saturated rings. The highest BCUT2D eigenvalue weighted by Crippen LogP contribution is 2.36. The standard InChI is InChI=1S/C21H24N2O4S/c1-21(2,3)27-20(24)19-13-15(17-11-7-8-12-18(17)22)14-23(19)28(25,26)16-9-5-4-6-10-16/h4-12,14,19H,13,22H2,1-3H3/t19-/m1/s1. The first-order chi connectivity index (χ1) is 13.1. The number of hydrogen-bond acceptors (Lipinski definition) is 5. The van der Waals surface area contributed by atoms with Crippen molar-refractivity contribution in [2.75, 3.05) is 5.73 Å². The number of rotatable bonds is 4. The summed E-state index contributed by atoms with van der Waals surface area (Å²) < 4.78 is 33.0. The molecule has 6 nitrogen and oxygen atoms in total. The molecular formula is C21H24N2O4S. The molecule has 1 aliphatic heterocycles. The maximum absolute atomic E-state index is 13.2. The first-order valence-corrected chi connectivity index (χ1v) is 10.4. The molecule has 0 saturated heterocycles. The molecule has 1 heterocycles. The van der Waals surface area contributed by atoms with Crippen LogP contribution in [0.5, 0.6) is 0 Å². The lowest BCUT2D eigenvalue weighted by Crippen LogP contribution is -2.42. The van der Waals surface area contributed by atoms with Crippen LogP contribution in [0.25, 0.3) is 5.57 Å². The summed E-state index contributed by atoms with van der Waals surface area (Å²) in [7, 11) is -3.93. The molecule has 0 aliphatic carbocycles. The SMILES string of the molecule is CC(C)(C)OC(=O)[C@H]1CC(c2ccccc2N)=CN1S(=O)(=O)c1ccccc1. The Bertz CT molecular complexity index is 1010. The van der Waals surface area contributed by atoms with Gasteiger partial charge in [0.05, 0.1) is 4.90 Å². The Morgan fingerprint density at radius 3 is 2.29 bits per heavy atom. The van der Waals surface area contributed by atoms with Crippen LogP contribution in [0.15, 0.2) is 65.7 Å². The van der Waals surface area contributed by atoms with E-state index in [1.807, 2.05) is 12.1 Å². The van der Waals surface area contributed by atoms with E-state index in [0.29, 0.717) is 16.8 Å². The third-order valence-corrected chi connectivity index (χ3v) is 6.09. The van der Waals surface area contributed by atoms with Crippen molar-refractivity contribution in [2.45, 2.75) is 43.7 Å². The van der Waals surface area contributed by atoms with Gasteiger partial charge >= 0.3 is 5.97 Å². The molecule has 0 aromatic heterocycles. The summed E-state index contributed by atoms with van der Waals surface area (Å²) in [6.45, 7) is 5.25. The predicted molar refractivity (Wildman–Crippen MR) is 109 cm³/mol. The zero-order valence-corrected chi connectivity index (χ0v) is 16.9. The summed E-state index contributed by atoms with van der Waals surface area (Å²) in [4.78, 5) is 12.9. The molecule has 7 heteroatoms. The van der Waals surface area contributed by atoms with Crippen molar-refractivity contribution in [3.63, 3.8) is 0 Å². The normalized spacial score (nSPS) is 17.3. The van der Waals surface area contributed by atoms with Gasteiger partial charge in [0.25, 0.3) is 10.0 Å². The fourth-order valence-electron chi connectivity index (χ4n) is 3.07. The second-order valence-corrected chi connectivity index (χ2v) is 9.49. The fourth-order valence-corrected chi connectivity index (χ4v) is 4.58. The topological polar surface area (TPSA) is 89.7 Å². The Labute approximate surface area is 165 Å². The molecule has 0 radical (unpaired) electrons. The second-order valence-electron chi connectivity index (χ2n) is 7.64. The molecule has 2 aromatic carbocycles. The van der Waals surface area contributed by atoms with E-state index in [1.54, 1.807) is 51.1 Å². The Morgan fingerprint density at radius 1 is 1.07 bits per heavy atom. The van der Waals surface area contributed by atoms with Gasteiger partial charge in [-0.3, -0.25) is 4.31 Å². The number of para-hydroxylation sites is 1. The quantitative estimate of drug-likeness (QED) is 0.627. The van der Waals surface area contributed by atoms with Crippen molar-refractivity contribution in [3.8, 4) is 0 Å². The highest BCUT2D eigenvalue weighted by atomic mass is 32.2. The second kappa shape index (κ2) is 7.31. The molecule has 0 amide bonds. The number of nitrogen functional groups attached to an aromatic ring is 1. The summed E-state index contributed by atoms with van der Waals surface area (Å²) >= 11 is 0. The molecule has 2 N–H and O–H groups in total. The number of esters is 1. The molecule has 148 valence electrons. The first-order valence-electron chi connectivity index (χ1n) is 8.96. The summed E-state index contributed by atoms with van der Waals surface area (Å²) in [5, 5.41) is 0. The van der Waals surface area contributed by atoms with Crippen LogP contribution in [0, 0.1) is 0 Å². The number of ether oxygens (including phenoxy) is 1. The van der Waals surface area contributed by atoms with Crippen molar-refractivity contribution in [2.24, 2.45) is 0 Å². The lowest BCUT2D eigenvalue weighted by atomic mass is 10.0. The van der Waals surface area contributed by atoms with Gasteiger partial charge in [0.15, 0.2) is 0 Å². The van der Waals surface area contributed by atoms with E-state index in [2.05, 4.69) is 0 Å². The van der Waals surface area contributed by atoms with E-state index in [4.69, 9.17) is 10.5 Å². The van der Waals surface area contributed by atoms with Crippen molar-refractivity contribution in [1.29, 1.82) is 0 Å². The third kappa shape index (κ3) is 4.04. The van der Waals surface area contributed by atoms with E-state index in [9.17, 15) is 13.2 Å². The molecule has 0 bridgehead atoms. The lowest BCUT2D eigenvalue weighted by molar-refractivity contribution is -0.158. The molecule has 3 rings (SSSR count). The van der Waals surface area contributed by atoms with Crippen LogP contribution in [0.3, 0.4) is 0 Å². The molecule has 2 aromatic rings. The first kappa shape index (κ1) is 19.9. The van der Waals surface area contributed by atoms with Gasteiger partial charge in [0, 0.05) is 23.9 Å². The number of hydrogen-bond donors (Lipinski definition) is 1. The minimum absolute atomic E-state index is 0.113. The van der Waals surface area contributed by atoms with Gasteiger partial charge in [0.1, 0.15) is 11.6 Å². The Morgan fingerprint density at radius 2 is 1.68 bits per heavy atom. The third-order valence-electron chi connectivity index (χ3n) is 4.31. The van der Waals surface area contributed by atoms with Crippen LogP contribution in [-0.4, -0.2) is 30.3 Å². The summed E-state index contributed by atoms with van der Waals surface area (Å²) in [5.41, 5.74) is 7.24. The lowest BCUT2D eigenvalue weighted by Gasteiger charge is -2.27. The summed E-state index contributed by atoms with van der Waals surface area (Å²) in [6.07, 6.45) is 1.68. The van der Waals surface area contributed by atoms with Gasteiger partial charge in [-0.1, -0.05) is 36.4 Å². The van der Waals surface area contributed by atoms with Crippen molar-refractivity contribution in [3.05, 3.63) is 66.4 Å².